The minimum atomic E-state index is 0.485. The summed E-state index contributed by atoms with van der Waals surface area (Å²) in [6.07, 6.45) is 4.02. The molecule has 3 heteroatoms. The molecule has 1 aliphatic carbocycles. The number of nitrogens with one attached hydrogen (secondary N) is 1. The van der Waals surface area contributed by atoms with Crippen LogP contribution in [-0.4, -0.2) is 6.04 Å². The first-order chi connectivity index (χ1) is 7.15. The Morgan fingerprint density at radius 1 is 1.53 bits per heavy atom. The van der Waals surface area contributed by atoms with E-state index in [0.717, 1.165) is 11.6 Å². The molecule has 1 unspecified atom stereocenters. The van der Waals surface area contributed by atoms with Crippen LogP contribution in [0.4, 0.5) is 11.4 Å². The molecule has 1 saturated carbocycles. The summed E-state index contributed by atoms with van der Waals surface area (Å²) in [6.45, 7) is 2.20. The molecular weight excluding hydrogens is 208 g/mol. The molecule has 3 N–H and O–H groups in total. The summed E-state index contributed by atoms with van der Waals surface area (Å²) in [4.78, 5) is 0. The van der Waals surface area contributed by atoms with E-state index >= 15 is 0 Å². The predicted octanol–water partition coefficient (Wildman–Crippen LogP) is 3.52. The van der Waals surface area contributed by atoms with Gasteiger partial charge in [-0.3, -0.25) is 0 Å². The van der Waals surface area contributed by atoms with Crippen molar-refractivity contribution in [3.63, 3.8) is 0 Å². The average Bonchev–Trinajstić information content (AvgIpc) is 2.94. The zero-order valence-electron chi connectivity index (χ0n) is 8.96. The third-order valence-corrected chi connectivity index (χ3v) is 3.09. The summed E-state index contributed by atoms with van der Waals surface area (Å²) in [5.41, 5.74) is 7.33. The minimum absolute atomic E-state index is 0.485. The molecule has 0 bridgehead atoms. The highest BCUT2D eigenvalue weighted by Gasteiger charge is 2.23. The van der Waals surface area contributed by atoms with Gasteiger partial charge in [-0.25, -0.2) is 0 Å². The van der Waals surface area contributed by atoms with E-state index in [2.05, 4.69) is 12.2 Å². The van der Waals surface area contributed by atoms with Crippen molar-refractivity contribution in [2.75, 3.05) is 11.1 Å². The van der Waals surface area contributed by atoms with Crippen LogP contribution >= 0.6 is 11.6 Å². The first kappa shape index (κ1) is 10.6. The van der Waals surface area contributed by atoms with Gasteiger partial charge in [0, 0.05) is 11.7 Å². The Balaban J connectivity index is 1.96. The zero-order valence-corrected chi connectivity index (χ0v) is 9.72. The second-order valence-electron chi connectivity index (χ2n) is 4.46. The highest BCUT2D eigenvalue weighted by atomic mass is 35.5. The van der Waals surface area contributed by atoms with E-state index in [4.69, 9.17) is 17.3 Å². The molecule has 1 aromatic carbocycles. The zero-order chi connectivity index (χ0) is 10.8. The van der Waals surface area contributed by atoms with Crippen molar-refractivity contribution in [3.05, 3.63) is 23.2 Å². The average molecular weight is 225 g/mol. The van der Waals surface area contributed by atoms with Crippen LogP contribution in [0.1, 0.15) is 26.2 Å². The fraction of sp³-hybridized carbons (Fsp3) is 0.500. The molecule has 1 fully saturated rings. The van der Waals surface area contributed by atoms with Gasteiger partial charge in [0.25, 0.3) is 0 Å². The van der Waals surface area contributed by atoms with Crippen molar-refractivity contribution < 1.29 is 0 Å². The van der Waals surface area contributed by atoms with Crippen molar-refractivity contribution in [3.8, 4) is 0 Å². The monoisotopic (exact) mass is 224 g/mol. The lowest BCUT2D eigenvalue weighted by Crippen LogP contribution is -2.15. The molecule has 0 saturated heterocycles. The molecule has 15 heavy (non-hydrogen) atoms. The van der Waals surface area contributed by atoms with Crippen molar-refractivity contribution in [2.24, 2.45) is 5.92 Å². The molecular formula is C12H17ClN2. The second kappa shape index (κ2) is 4.31. The molecule has 0 aliphatic heterocycles. The predicted molar refractivity (Wildman–Crippen MR) is 66.3 cm³/mol. The maximum atomic E-state index is 6.08. The van der Waals surface area contributed by atoms with Crippen molar-refractivity contribution in [1.29, 1.82) is 0 Å². The molecule has 0 amide bonds. The van der Waals surface area contributed by atoms with Gasteiger partial charge in [-0.2, -0.15) is 0 Å². The van der Waals surface area contributed by atoms with Gasteiger partial charge >= 0.3 is 0 Å². The van der Waals surface area contributed by atoms with E-state index in [9.17, 15) is 0 Å². The molecule has 82 valence electrons. The lowest BCUT2D eigenvalue weighted by molar-refractivity contribution is 0.642. The standard InChI is InChI=1S/C12H17ClN2/c1-8(6-9-2-3-9)15-12-5-4-10(14)7-11(12)13/h4-5,7-9,15H,2-3,6,14H2,1H3. The summed E-state index contributed by atoms with van der Waals surface area (Å²) < 4.78 is 0. The summed E-state index contributed by atoms with van der Waals surface area (Å²) >= 11 is 6.08. The number of nitrogens with two attached hydrogens (primary N) is 1. The van der Waals surface area contributed by atoms with Gasteiger partial charge in [0.1, 0.15) is 0 Å². The molecule has 0 aromatic heterocycles. The van der Waals surface area contributed by atoms with E-state index in [0.29, 0.717) is 16.8 Å². The molecule has 1 atom stereocenters. The van der Waals surface area contributed by atoms with Gasteiger partial charge in [0.2, 0.25) is 0 Å². The second-order valence-corrected chi connectivity index (χ2v) is 4.87. The van der Waals surface area contributed by atoms with E-state index in [1.165, 1.54) is 19.3 Å². The Morgan fingerprint density at radius 3 is 2.87 bits per heavy atom. The first-order valence-electron chi connectivity index (χ1n) is 5.46. The van der Waals surface area contributed by atoms with E-state index in [1.54, 1.807) is 6.07 Å². The SMILES string of the molecule is CC(CC1CC1)Nc1ccc(N)cc1Cl. The summed E-state index contributed by atoms with van der Waals surface area (Å²) in [5.74, 6) is 0.931. The Bertz CT molecular complexity index is 347. The Morgan fingerprint density at radius 2 is 2.27 bits per heavy atom. The topological polar surface area (TPSA) is 38.0 Å². The number of hydrogen-bond acceptors (Lipinski definition) is 2. The number of hydrogen-bond donors (Lipinski definition) is 2. The number of rotatable bonds is 4. The van der Waals surface area contributed by atoms with Crippen LogP contribution < -0.4 is 11.1 Å². The van der Waals surface area contributed by atoms with Crippen LogP contribution in [0.15, 0.2) is 18.2 Å². The van der Waals surface area contributed by atoms with Gasteiger partial charge in [0.05, 0.1) is 10.7 Å². The maximum absolute atomic E-state index is 6.08. The summed E-state index contributed by atoms with van der Waals surface area (Å²) in [5, 5.41) is 4.13. The largest absolute Gasteiger partial charge is 0.399 e. The lowest BCUT2D eigenvalue weighted by atomic mass is 10.1. The Labute approximate surface area is 95.8 Å². The van der Waals surface area contributed by atoms with Crippen LogP contribution in [-0.2, 0) is 0 Å². The van der Waals surface area contributed by atoms with Crippen LogP contribution in [0.2, 0.25) is 5.02 Å². The van der Waals surface area contributed by atoms with Gasteiger partial charge < -0.3 is 11.1 Å². The molecule has 0 heterocycles. The molecule has 1 aliphatic rings. The fourth-order valence-electron chi connectivity index (χ4n) is 1.83. The quantitative estimate of drug-likeness (QED) is 0.768. The smallest absolute Gasteiger partial charge is 0.0658 e. The van der Waals surface area contributed by atoms with Crippen molar-refractivity contribution >= 4 is 23.0 Å². The van der Waals surface area contributed by atoms with Crippen LogP contribution in [0, 0.1) is 5.92 Å². The van der Waals surface area contributed by atoms with Gasteiger partial charge in [0.15, 0.2) is 0 Å². The summed E-state index contributed by atoms with van der Waals surface area (Å²) in [6, 6.07) is 6.09. The molecule has 2 rings (SSSR count). The van der Waals surface area contributed by atoms with Crippen LogP contribution in [0.25, 0.3) is 0 Å². The fourth-order valence-corrected chi connectivity index (χ4v) is 2.07. The van der Waals surface area contributed by atoms with Crippen LogP contribution in [0.3, 0.4) is 0 Å². The highest BCUT2D eigenvalue weighted by Crippen LogP contribution is 2.34. The number of halogens is 1. The first-order valence-corrected chi connectivity index (χ1v) is 5.84. The van der Waals surface area contributed by atoms with Gasteiger partial charge in [-0.15, -0.1) is 0 Å². The van der Waals surface area contributed by atoms with Gasteiger partial charge in [-0.05, 0) is 37.5 Å². The molecule has 2 nitrogen and oxygen atoms in total. The number of benzene rings is 1. The van der Waals surface area contributed by atoms with E-state index in [-0.39, 0.29) is 0 Å². The third-order valence-electron chi connectivity index (χ3n) is 2.78. The highest BCUT2D eigenvalue weighted by molar-refractivity contribution is 6.33. The normalized spacial score (nSPS) is 17.5. The Hall–Kier alpha value is -0.890. The minimum Gasteiger partial charge on any atom is -0.399 e. The molecule has 1 aromatic rings. The number of anilines is 2. The lowest BCUT2D eigenvalue weighted by Gasteiger charge is -2.16. The molecule has 0 spiro atoms. The molecule has 0 radical (unpaired) electrons. The van der Waals surface area contributed by atoms with Crippen molar-refractivity contribution in [2.45, 2.75) is 32.2 Å². The van der Waals surface area contributed by atoms with Gasteiger partial charge in [-0.1, -0.05) is 24.4 Å². The van der Waals surface area contributed by atoms with E-state index in [1.807, 2.05) is 12.1 Å². The van der Waals surface area contributed by atoms with Crippen LogP contribution in [0.5, 0.6) is 0 Å². The Kier molecular flexibility index (Phi) is 3.06. The maximum Gasteiger partial charge on any atom is 0.0658 e. The third kappa shape index (κ3) is 3.03. The number of nitrogen functional groups attached to an aromatic ring is 1. The van der Waals surface area contributed by atoms with E-state index < -0.39 is 0 Å². The van der Waals surface area contributed by atoms with Crippen molar-refractivity contribution in [1.82, 2.24) is 0 Å². The summed E-state index contributed by atoms with van der Waals surface area (Å²) in [7, 11) is 0.